The summed E-state index contributed by atoms with van der Waals surface area (Å²) in [6, 6.07) is 0. The summed E-state index contributed by atoms with van der Waals surface area (Å²) in [7, 11) is 0. The molecule has 1 N–H and O–H groups in total. The molecule has 1 saturated carbocycles. The topological polar surface area (TPSA) is 46.5 Å². The van der Waals surface area contributed by atoms with Crippen molar-refractivity contribution in [3.05, 3.63) is 0 Å². The molecule has 0 aliphatic heterocycles. The number of halogens is 2. The second-order valence-electron chi connectivity index (χ2n) is 3.64. The maximum absolute atomic E-state index is 11.8. The molecule has 3 nitrogen and oxygen atoms in total. The van der Waals surface area contributed by atoms with Gasteiger partial charge in [-0.15, -0.1) is 0 Å². The normalized spacial score (nSPS) is 27.9. The fourth-order valence-corrected chi connectivity index (χ4v) is 1.86. The second-order valence-corrected chi connectivity index (χ2v) is 3.64. The molecule has 0 radical (unpaired) electrons. The van der Waals surface area contributed by atoms with Gasteiger partial charge in [0.25, 0.3) is 0 Å². The third kappa shape index (κ3) is 4.00. The summed E-state index contributed by atoms with van der Waals surface area (Å²) >= 11 is 0. The Kier molecular flexibility index (Phi) is 4.25. The SMILES string of the molecule is O=C(O)CC1CCC(OC(F)F)CC1. The van der Waals surface area contributed by atoms with Gasteiger partial charge in [-0.05, 0) is 31.6 Å². The van der Waals surface area contributed by atoms with Crippen LogP contribution in [0.2, 0.25) is 0 Å². The number of rotatable bonds is 4. The molecule has 0 aromatic rings. The maximum Gasteiger partial charge on any atom is 0.345 e. The number of alkyl halides is 2. The van der Waals surface area contributed by atoms with Gasteiger partial charge in [0.15, 0.2) is 0 Å². The van der Waals surface area contributed by atoms with E-state index in [1.54, 1.807) is 0 Å². The van der Waals surface area contributed by atoms with Crippen molar-refractivity contribution in [3.63, 3.8) is 0 Å². The Bertz CT molecular complexity index is 188. The van der Waals surface area contributed by atoms with Gasteiger partial charge in [-0.1, -0.05) is 0 Å². The molecule has 0 amide bonds. The average Bonchev–Trinajstić information content (AvgIpc) is 2.06. The van der Waals surface area contributed by atoms with Crippen LogP contribution in [0.15, 0.2) is 0 Å². The van der Waals surface area contributed by atoms with E-state index >= 15 is 0 Å². The molecule has 0 saturated heterocycles. The van der Waals surface area contributed by atoms with Gasteiger partial charge < -0.3 is 9.84 Å². The van der Waals surface area contributed by atoms with Crippen molar-refractivity contribution in [2.24, 2.45) is 5.92 Å². The first-order valence-electron chi connectivity index (χ1n) is 4.73. The number of carboxylic acids is 1. The average molecular weight is 208 g/mol. The summed E-state index contributed by atoms with van der Waals surface area (Å²) in [6.07, 6.45) is 2.18. The van der Waals surface area contributed by atoms with E-state index < -0.39 is 12.6 Å². The summed E-state index contributed by atoms with van der Waals surface area (Å²) in [5.41, 5.74) is 0. The largest absolute Gasteiger partial charge is 0.481 e. The van der Waals surface area contributed by atoms with E-state index in [0.717, 1.165) is 0 Å². The minimum atomic E-state index is -2.71. The van der Waals surface area contributed by atoms with Crippen molar-refractivity contribution < 1.29 is 23.4 Å². The molecule has 0 heterocycles. The van der Waals surface area contributed by atoms with Crippen LogP contribution in [-0.2, 0) is 9.53 Å². The fourth-order valence-electron chi connectivity index (χ4n) is 1.86. The van der Waals surface area contributed by atoms with Crippen LogP contribution >= 0.6 is 0 Å². The molecule has 1 aliphatic rings. The fraction of sp³-hybridized carbons (Fsp3) is 0.889. The monoisotopic (exact) mass is 208 g/mol. The highest BCUT2D eigenvalue weighted by atomic mass is 19.3. The van der Waals surface area contributed by atoms with Gasteiger partial charge in [0, 0.05) is 6.42 Å². The molecule has 14 heavy (non-hydrogen) atoms. The lowest BCUT2D eigenvalue weighted by Crippen LogP contribution is -2.24. The Morgan fingerprint density at radius 1 is 1.36 bits per heavy atom. The molecule has 0 aromatic carbocycles. The van der Waals surface area contributed by atoms with Crippen molar-refractivity contribution in [2.45, 2.75) is 44.8 Å². The van der Waals surface area contributed by atoms with Crippen LogP contribution in [-0.4, -0.2) is 23.8 Å². The quantitative estimate of drug-likeness (QED) is 0.770. The van der Waals surface area contributed by atoms with Gasteiger partial charge in [0.1, 0.15) is 0 Å². The van der Waals surface area contributed by atoms with E-state index in [0.29, 0.717) is 25.7 Å². The summed E-state index contributed by atoms with van der Waals surface area (Å²) in [5.74, 6) is -0.687. The number of hydrogen-bond donors (Lipinski definition) is 1. The summed E-state index contributed by atoms with van der Waals surface area (Å²) in [6.45, 7) is -2.71. The van der Waals surface area contributed by atoms with Crippen LogP contribution < -0.4 is 0 Å². The van der Waals surface area contributed by atoms with Gasteiger partial charge in [0.2, 0.25) is 0 Å². The first-order valence-corrected chi connectivity index (χ1v) is 4.73. The van der Waals surface area contributed by atoms with Gasteiger partial charge in [0.05, 0.1) is 6.10 Å². The smallest absolute Gasteiger partial charge is 0.345 e. The lowest BCUT2D eigenvalue weighted by molar-refractivity contribution is -0.172. The van der Waals surface area contributed by atoms with E-state index in [4.69, 9.17) is 5.11 Å². The lowest BCUT2D eigenvalue weighted by atomic mass is 9.85. The predicted octanol–water partition coefficient (Wildman–Crippen LogP) is 2.26. The van der Waals surface area contributed by atoms with Crippen LogP contribution in [0.5, 0.6) is 0 Å². The van der Waals surface area contributed by atoms with Crippen LogP contribution in [0.1, 0.15) is 32.1 Å². The van der Waals surface area contributed by atoms with E-state index in [1.807, 2.05) is 0 Å². The minimum Gasteiger partial charge on any atom is -0.481 e. The van der Waals surface area contributed by atoms with Crippen LogP contribution in [0.3, 0.4) is 0 Å². The van der Waals surface area contributed by atoms with E-state index in [-0.39, 0.29) is 18.4 Å². The van der Waals surface area contributed by atoms with Crippen LogP contribution in [0.25, 0.3) is 0 Å². The highest BCUT2D eigenvalue weighted by Crippen LogP contribution is 2.29. The van der Waals surface area contributed by atoms with Crippen LogP contribution in [0.4, 0.5) is 8.78 Å². The summed E-state index contributed by atoms with van der Waals surface area (Å²) in [5, 5.41) is 8.53. The van der Waals surface area contributed by atoms with Crippen molar-refractivity contribution in [2.75, 3.05) is 0 Å². The highest BCUT2D eigenvalue weighted by Gasteiger charge is 2.25. The molecular weight excluding hydrogens is 194 g/mol. The van der Waals surface area contributed by atoms with Gasteiger partial charge in [-0.2, -0.15) is 8.78 Å². The molecule has 0 unspecified atom stereocenters. The number of hydrogen-bond acceptors (Lipinski definition) is 2. The zero-order chi connectivity index (χ0) is 10.6. The third-order valence-electron chi connectivity index (χ3n) is 2.55. The number of ether oxygens (including phenoxy) is 1. The van der Waals surface area contributed by atoms with E-state index in [1.165, 1.54) is 0 Å². The molecule has 0 spiro atoms. The third-order valence-corrected chi connectivity index (χ3v) is 2.55. The lowest BCUT2D eigenvalue weighted by Gasteiger charge is -2.27. The van der Waals surface area contributed by atoms with Gasteiger partial charge >= 0.3 is 12.6 Å². The highest BCUT2D eigenvalue weighted by molar-refractivity contribution is 5.67. The summed E-state index contributed by atoms with van der Waals surface area (Å²) < 4.78 is 28.0. The standard InChI is InChI=1S/C9H14F2O3/c10-9(11)14-7-3-1-6(2-4-7)5-8(12)13/h6-7,9H,1-5H2,(H,12,13). The Hall–Kier alpha value is -0.710. The first-order chi connectivity index (χ1) is 6.58. The Morgan fingerprint density at radius 2 is 1.93 bits per heavy atom. The zero-order valence-electron chi connectivity index (χ0n) is 7.79. The molecular formula is C9H14F2O3. The van der Waals surface area contributed by atoms with Crippen molar-refractivity contribution in [1.82, 2.24) is 0 Å². The van der Waals surface area contributed by atoms with E-state index in [2.05, 4.69) is 4.74 Å². The Morgan fingerprint density at radius 3 is 2.36 bits per heavy atom. The van der Waals surface area contributed by atoms with Crippen molar-refractivity contribution >= 4 is 5.97 Å². The Labute approximate surface area is 81.1 Å². The second kappa shape index (κ2) is 5.24. The first kappa shape index (κ1) is 11.4. The minimum absolute atomic E-state index is 0.130. The molecule has 0 aromatic heterocycles. The van der Waals surface area contributed by atoms with E-state index in [9.17, 15) is 13.6 Å². The number of carboxylic acid groups (broad SMARTS) is 1. The zero-order valence-corrected chi connectivity index (χ0v) is 7.79. The molecule has 82 valence electrons. The molecule has 1 aliphatic carbocycles. The van der Waals surface area contributed by atoms with Gasteiger partial charge in [-0.25, -0.2) is 0 Å². The molecule has 5 heteroatoms. The maximum atomic E-state index is 11.8. The molecule has 1 fully saturated rings. The molecule has 1 rings (SSSR count). The molecule has 0 atom stereocenters. The Balaban J connectivity index is 2.21. The van der Waals surface area contributed by atoms with Crippen LogP contribution in [0, 0.1) is 5.92 Å². The number of carbonyl (C=O) groups is 1. The number of aliphatic carboxylic acids is 1. The summed E-state index contributed by atoms with van der Waals surface area (Å²) in [4.78, 5) is 10.4. The predicted molar refractivity (Wildman–Crippen MR) is 45.1 cm³/mol. The van der Waals surface area contributed by atoms with Crippen molar-refractivity contribution in [1.29, 1.82) is 0 Å². The van der Waals surface area contributed by atoms with Gasteiger partial charge in [-0.3, -0.25) is 4.79 Å². The van der Waals surface area contributed by atoms with Crippen molar-refractivity contribution in [3.8, 4) is 0 Å². The molecule has 0 bridgehead atoms.